The van der Waals surface area contributed by atoms with Gasteiger partial charge in [-0.25, -0.2) is 0 Å². The van der Waals surface area contributed by atoms with Gasteiger partial charge in [-0.15, -0.1) is 0 Å². The van der Waals surface area contributed by atoms with Gasteiger partial charge in [-0.2, -0.15) is 0 Å². The van der Waals surface area contributed by atoms with Gasteiger partial charge < -0.3 is 19.6 Å². The molecule has 3 fully saturated rings. The number of likely N-dealkylation sites (tertiary alicyclic amines) is 3. The highest BCUT2D eigenvalue weighted by molar-refractivity contribution is 5.84. The first-order chi connectivity index (χ1) is 14.1. The van der Waals surface area contributed by atoms with Crippen molar-refractivity contribution < 1.29 is 14.4 Å². The Kier molecular flexibility index (Phi) is 8.33. The summed E-state index contributed by atoms with van der Waals surface area (Å²) in [5.41, 5.74) is 0. The molecule has 0 unspecified atom stereocenters. The second kappa shape index (κ2) is 11.0. The number of hydrogen-bond donors (Lipinski definition) is 0. The molecule has 0 radical (unpaired) electrons. The van der Waals surface area contributed by atoms with E-state index >= 15 is 0 Å². The van der Waals surface area contributed by atoms with E-state index in [9.17, 15) is 14.4 Å². The number of rotatable bonds is 9. The molecule has 1 atom stereocenters. The van der Waals surface area contributed by atoms with E-state index in [-0.39, 0.29) is 23.6 Å². The van der Waals surface area contributed by atoms with Gasteiger partial charge in [0.25, 0.3) is 0 Å². The van der Waals surface area contributed by atoms with Crippen molar-refractivity contribution in [2.45, 2.75) is 58.3 Å². The average Bonchev–Trinajstić information content (AvgIpc) is 3.15. The molecule has 0 N–H and O–H groups in total. The molecule has 3 rings (SSSR count). The molecule has 0 saturated carbocycles. The van der Waals surface area contributed by atoms with Crippen molar-refractivity contribution in [2.24, 2.45) is 5.92 Å². The number of hydrogen-bond acceptors (Lipinski definition) is 4. The quantitative estimate of drug-likeness (QED) is 0.583. The topological polar surface area (TPSA) is 64.2 Å². The van der Waals surface area contributed by atoms with Crippen LogP contribution in [0.15, 0.2) is 0 Å². The van der Waals surface area contributed by atoms with Crippen LogP contribution in [-0.4, -0.2) is 96.2 Å². The Morgan fingerprint density at radius 1 is 0.931 bits per heavy atom. The predicted octanol–water partition coefficient (Wildman–Crippen LogP) is 1.57. The molecule has 0 spiro atoms. The summed E-state index contributed by atoms with van der Waals surface area (Å²) in [7, 11) is 0. The molecule has 0 aliphatic carbocycles. The van der Waals surface area contributed by atoms with Crippen LogP contribution in [-0.2, 0) is 14.4 Å². The fourth-order valence-electron chi connectivity index (χ4n) is 4.85. The Bertz CT molecular complexity index is 576. The van der Waals surface area contributed by atoms with Crippen LogP contribution in [0, 0.1) is 5.92 Å². The van der Waals surface area contributed by atoms with Crippen molar-refractivity contribution >= 4 is 17.7 Å². The van der Waals surface area contributed by atoms with Crippen molar-refractivity contribution in [3.8, 4) is 0 Å². The summed E-state index contributed by atoms with van der Waals surface area (Å²) >= 11 is 0. The summed E-state index contributed by atoms with van der Waals surface area (Å²) in [6.45, 7) is 9.57. The third-order valence-electron chi connectivity index (χ3n) is 6.71. The summed E-state index contributed by atoms with van der Waals surface area (Å²) < 4.78 is 0. The predicted molar refractivity (Wildman–Crippen MR) is 112 cm³/mol. The minimum atomic E-state index is -0.0811. The summed E-state index contributed by atoms with van der Waals surface area (Å²) in [4.78, 5) is 45.4. The molecule has 0 aromatic rings. The second-order valence-electron chi connectivity index (χ2n) is 8.73. The van der Waals surface area contributed by atoms with Gasteiger partial charge >= 0.3 is 0 Å². The lowest BCUT2D eigenvalue weighted by molar-refractivity contribution is -0.143. The normalized spacial score (nSPS) is 23.7. The zero-order valence-corrected chi connectivity index (χ0v) is 18.1. The van der Waals surface area contributed by atoms with Gasteiger partial charge in [0.2, 0.25) is 17.7 Å². The summed E-state index contributed by atoms with van der Waals surface area (Å²) in [6, 6.07) is 0. The lowest BCUT2D eigenvalue weighted by atomic mass is 9.95. The number of amides is 3. The number of carbonyl (C=O) groups excluding carboxylic acids is 3. The van der Waals surface area contributed by atoms with Crippen molar-refractivity contribution in [2.75, 3.05) is 58.9 Å². The van der Waals surface area contributed by atoms with Crippen LogP contribution >= 0.6 is 0 Å². The Labute approximate surface area is 175 Å². The maximum atomic E-state index is 13.1. The van der Waals surface area contributed by atoms with Gasteiger partial charge in [0.1, 0.15) is 0 Å². The molecule has 164 valence electrons. The number of carbonyl (C=O) groups is 3. The smallest absolute Gasteiger partial charge is 0.227 e. The Balaban J connectivity index is 1.44. The van der Waals surface area contributed by atoms with E-state index in [1.165, 1.54) is 19.3 Å². The highest BCUT2D eigenvalue weighted by Crippen LogP contribution is 2.21. The monoisotopic (exact) mass is 406 g/mol. The van der Waals surface area contributed by atoms with Gasteiger partial charge in [0.05, 0.1) is 5.92 Å². The van der Waals surface area contributed by atoms with E-state index in [2.05, 4.69) is 4.90 Å². The van der Waals surface area contributed by atoms with E-state index in [4.69, 9.17) is 0 Å². The van der Waals surface area contributed by atoms with Crippen molar-refractivity contribution in [1.29, 1.82) is 0 Å². The standard InChI is InChI=1S/C22H38N4O3/c1-2-24(17-16-23-11-4-3-5-12-23)22(29)19-9-10-21(28)26(18-19)15-7-14-25-13-6-8-20(25)27/h19H,2-18H2,1H3/t19-/m1/s1. The molecule has 0 aromatic heterocycles. The maximum absolute atomic E-state index is 13.1. The molecular weight excluding hydrogens is 368 g/mol. The van der Waals surface area contributed by atoms with Crippen molar-refractivity contribution in [3.63, 3.8) is 0 Å². The molecule has 3 heterocycles. The Morgan fingerprint density at radius 3 is 2.34 bits per heavy atom. The molecule has 3 saturated heterocycles. The fraction of sp³-hybridized carbons (Fsp3) is 0.864. The third-order valence-corrected chi connectivity index (χ3v) is 6.71. The molecule has 0 aromatic carbocycles. The van der Waals surface area contributed by atoms with Crippen LogP contribution in [0.2, 0.25) is 0 Å². The molecular formula is C22H38N4O3. The summed E-state index contributed by atoms with van der Waals surface area (Å²) in [6.07, 6.45) is 7.38. The van der Waals surface area contributed by atoms with E-state index in [1.807, 2.05) is 21.6 Å². The zero-order valence-electron chi connectivity index (χ0n) is 18.1. The lowest BCUT2D eigenvalue weighted by Gasteiger charge is -2.36. The minimum absolute atomic E-state index is 0.0811. The van der Waals surface area contributed by atoms with E-state index in [0.29, 0.717) is 32.4 Å². The minimum Gasteiger partial charge on any atom is -0.343 e. The average molecular weight is 407 g/mol. The zero-order chi connectivity index (χ0) is 20.6. The molecule has 29 heavy (non-hydrogen) atoms. The van der Waals surface area contributed by atoms with E-state index in [0.717, 1.165) is 58.7 Å². The molecule has 7 heteroatoms. The summed E-state index contributed by atoms with van der Waals surface area (Å²) in [5, 5.41) is 0. The fourth-order valence-corrected chi connectivity index (χ4v) is 4.85. The van der Waals surface area contributed by atoms with Gasteiger partial charge in [-0.3, -0.25) is 14.4 Å². The van der Waals surface area contributed by atoms with Crippen LogP contribution in [0.4, 0.5) is 0 Å². The molecule has 3 amide bonds. The van der Waals surface area contributed by atoms with E-state index in [1.54, 1.807) is 0 Å². The second-order valence-corrected chi connectivity index (χ2v) is 8.73. The first-order valence-electron chi connectivity index (χ1n) is 11.6. The van der Waals surface area contributed by atoms with Crippen LogP contribution in [0.25, 0.3) is 0 Å². The van der Waals surface area contributed by atoms with Crippen LogP contribution in [0.5, 0.6) is 0 Å². The van der Waals surface area contributed by atoms with Gasteiger partial charge in [-0.1, -0.05) is 6.42 Å². The number of likely N-dealkylation sites (N-methyl/N-ethyl adjacent to an activating group) is 1. The van der Waals surface area contributed by atoms with Gasteiger partial charge in [0.15, 0.2) is 0 Å². The van der Waals surface area contributed by atoms with Crippen molar-refractivity contribution in [1.82, 2.24) is 19.6 Å². The molecule has 7 nitrogen and oxygen atoms in total. The first-order valence-corrected chi connectivity index (χ1v) is 11.6. The van der Waals surface area contributed by atoms with Crippen molar-refractivity contribution in [3.05, 3.63) is 0 Å². The van der Waals surface area contributed by atoms with E-state index < -0.39 is 0 Å². The van der Waals surface area contributed by atoms with Crippen LogP contribution in [0.1, 0.15) is 58.3 Å². The highest BCUT2D eigenvalue weighted by atomic mass is 16.2. The summed E-state index contributed by atoms with van der Waals surface area (Å²) in [5.74, 6) is 0.507. The number of piperidine rings is 2. The Morgan fingerprint density at radius 2 is 1.66 bits per heavy atom. The molecule has 3 aliphatic heterocycles. The van der Waals surface area contributed by atoms with Crippen LogP contribution in [0.3, 0.4) is 0 Å². The maximum Gasteiger partial charge on any atom is 0.227 e. The van der Waals surface area contributed by atoms with Gasteiger partial charge in [-0.05, 0) is 52.1 Å². The van der Waals surface area contributed by atoms with Gasteiger partial charge in [0, 0.05) is 58.7 Å². The number of nitrogens with zero attached hydrogens (tertiary/aromatic N) is 4. The lowest BCUT2D eigenvalue weighted by Crippen LogP contribution is -2.49. The highest BCUT2D eigenvalue weighted by Gasteiger charge is 2.32. The SMILES string of the molecule is CCN(CCN1CCCCC1)C(=O)[C@@H]1CCC(=O)N(CCCN2CCCC2=O)C1. The molecule has 3 aliphatic rings. The van der Waals surface area contributed by atoms with Crippen LogP contribution < -0.4 is 0 Å². The Hall–Kier alpha value is -1.63. The molecule has 0 bridgehead atoms. The first kappa shape index (κ1) is 22.1. The third kappa shape index (κ3) is 6.17. The largest absolute Gasteiger partial charge is 0.343 e.